The molecule has 0 aliphatic carbocycles. The van der Waals surface area contributed by atoms with E-state index in [-0.39, 0.29) is 18.4 Å². The Labute approximate surface area is 114 Å². The maximum atomic E-state index is 11.7. The summed E-state index contributed by atoms with van der Waals surface area (Å²) >= 11 is 1.57. The predicted molar refractivity (Wildman–Crippen MR) is 75.4 cm³/mol. The Kier molecular flexibility index (Phi) is 7.16. The lowest BCUT2D eigenvalue weighted by Gasteiger charge is -2.18. The number of nitrogens with one attached hydrogen (secondary N) is 1. The molecule has 0 saturated carbocycles. The van der Waals surface area contributed by atoms with Crippen LogP contribution in [0.15, 0.2) is 0 Å². The molecule has 1 N–H and O–H groups in total. The summed E-state index contributed by atoms with van der Waals surface area (Å²) in [6, 6.07) is 0. The first kappa shape index (κ1) is 15.3. The molecule has 1 rings (SSSR count). The summed E-state index contributed by atoms with van der Waals surface area (Å²) < 4.78 is 0. The van der Waals surface area contributed by atoms with Crippen LogP contribution in [-0.2, 0) is 9.59 Å². The molecule has 1 atom stereocenters. The van der Waals surface area contributed by atoms with E-state index in [2.05, 4.69) is 19.2 Å². The molecule has 1 aliphatic rings. The Bertz CT molecular complexity index is 284. The number of rotatable bonds is 8. The van der Waals surface area contributed by atoms with E-state index < -0.39 is 0 Å². The Hall–Kier alpha value is -0.710. The van der Waals surface area contributed by atoms with Crippen molar-refractivity contribution < 1.29 is 9.59 Å². The third-order valence-corrected chi connectivity index (χ3v) is 4.24. The van der Waals surface area contributed by atoms with Gasteiger partial charge >= 0.3 is 0 Å². The Morgan fingerprint density at radius 1 is 1.50 bits per heavy atom. The molecular weight excluding hydrogens is 248 g/mol. The van der Waals surface area contributed by atoms with Crippen LogP contribution in [0.25, 0.3) is 0 Å². The van der Waals surface area contributed by atoms with Gasteiger partial charge in [0, 0.05) is 6.54 Å². The molecule has 5 heteroatoms. The van der Waals surface area contributed by atoms with Gasteiger partial charge in [-0.2, -0.15) is 0 Å². The number of hydrogen-bond acceptors (Lipinski definition) is 3. The number of unbranched alkanes of at least 4 members (excludes halogenated alkanes) is 1. The zero-order chi connectivity index (χ0) is 13.4. The number of thioether (sulfide) groups is 1. The minimum atomic E-state index is -0.0270. The molecule has 0 radical (unpaired) electrons. The largest absolute Gasteiger partial charge is 0.354 e. The maximum absolute atomic E-state index is 11.7. The molecule has 1 fully saturated rings. The molecule has 0 aromatic rings. The molecule has 1 aliphatic heterocycles. The predicted octanol–water partition coefficient (Wildman–Crippen LogP) is 1.85. The fourth-order valence-electron chi connectivity index (χ4n) is 1.97. The molecule has 4 nitrogen and oxygen atoms in total. The first-order valence-electron chi connectivity index (χ1n) is 6.79. The summed E-state index contributed by atoms with van der Waals surface area (Å²) in [5, 5.41) is 2.95. The first-order chi connectivity index (χ1) is 8.67. The Balaban J connectivity index is 2.20. The van der Waals surface area contributed by atoms with Crippen molar-refractivity contribution in [3.63, 3.8) is 0 Å². The van der Waals surface area contributed by atoms with Gasteiger partial charge in [-0.1, -0.05) is 33.1 Å². The molecule has 1 heterocycles. The molecule has 1 unspecified atom stereocenters. The second kappa shape index (κ2) is 8.40. The molecule has 104 valence electrons. The molecule has 0 bridgehead atoms. The minimum Gasteiger partial charge on any atom is -0.354 e. The van der Waals surface area contributed by atoms with Crippen LogP contribution in [0.4, 0.5) is 0 Å². The Morgan fingerprint density at radius 2 is 2.28 bits per heavy atom. The van der Waals surface area contributed by atoms with Crippen LogP contribution < -0.4 is 5.32 Å². The van der Waals surface area contributed by atoms with Crippen LogP contribution in [0.5, 0.6) is 0 Å². The maximum Gasteiger partial charge on any atom is 0.239 e. The summed E-state index contributed by atoms with van der Waals surface area (Å²) in [6.45, 7) is 5.30. The molecule has 0 aromatic heterocycles. The van der Waals surface area contributed by atoms with E-state index in [0.717, 1.165) is 13.0 Å². The van der Waals surface area contributed by atoms with Crippen molar-refractivity contribution in [2.45, 2.75) is 39.5 Å². The van der Waals surface area contributed by atoms with E-state index >= 15 is 0 Å². The van der Waals surface area contributed by atoms with Crippen molar-refractivity contribution in [1.82, 2.24) is 10.2 Å². The van der Waals surface area contributed by atoms with Crippen LogP contribution in [0.1, 0.15) is 39.5 Å². The van der Waals surface area contributed by atoms with Crippen molar-refractivity contribution in [3.05, 3.63) is 0 Å². The lowest BCUT2D eigenvalue weighted by Crippen LogP contribution is -2.39. The third kappa shape index (κ3) is 5.29. The van der Waals surface area contributed by atoms with E-state index in [1.807, 2.05) is 0 Å². The lowest BCUT2D eigenvalue weighted by atomic mass is 9.99. The first-order valence-corrected chi connectivity index (χ1v) is 7.95. The van der Waals surface area contributed by atoms with Gasteiger partial charge in [0.25, 0.3) is 0 Å². The van der Waals surface area contributed by atoms with Gasteiger partial charge in [0.15, 0.2) is 0 Å². The minimum absolute atomic E-state index is 0.0270. The number of nitrogens with zero attached hydrogens (tertiary/aromatic N) is 1. The van der Waals surface area contributed by atoms with Crippen LogP contribution in [-0.4, -0.2) is 41.4 Å². The van der Waals surface area contributed by atoms with Crippen LogP contribution in [0.2, 0.25) is 0 Å². The van der Waals surface area contributed by atoms with Gasteiger partial charge in [0.2, 0.25) is 11.8 Å². The zero-order valence-electron chi connectivity index (χ0n) is 11.4. The highest BCUT2D eigenvalue weighted by Gasteiger charge is 2.22. The van der Waals surface area contributed by atoms with Crippen molar-refractivity contribution in [3.8, 4) is 0 Å². The van der Waals surface area contributed by atoms with Crippen molar-refractivity contribution in [1.29, 1.82) is 0 Å². The summed E-state index contributed by atoms with van der Waals surface area (Å²) in [5.74, 6) is 1.78. The summed E-state index contributed by atoms with van der Waals surface area (Å²) in [5.41, 5.74) is 0. The fraction of sp³-hybridized carbons (Fsp3) is 0.846. The number of carbonyl (C=O) groups excluding carboxylic acids is 2. The zero-order valence-corrected chi connectivity index (χ0v) is 12.2. The van der Waals surface area contributed by atoms with Crippen LogP contribution in [0.3, 0.4) is 0 Å². The highest BCUT2D eigenvalue weighted by Crippen LogP contribution is 2.14. The molecule has 2 amide bonds. The van der Waals surface area contributed by atoms with E-state index in [4.69, 9.17) is 0 Å². The van der Waals surface area contributed by atoms with Crippen LogP contribution >= 0.6 is 11.8 Å². The molecule has 0 aromatic carbocycles. The fourth-order valence-corrected chi connectivity index (χ4v) is 2.88. The lowest BCUT2D eigenvalue weighted by molar-refractivity contribution is -0.132. The monoisotopic (exact) mass is 272 g/mol. The van der Waals surface area contributed by atoms with Gasteiger partial charge in [-0.15, -0.1) is 11.8 Å². The average Bonchev–Trinajstić information content (AvgIpc) is 2.75. The van der Waals surface area contributed by atoms with E-state index in [0.29, 0.717) is 17.5 Å². The van der Waals surface area contributed by atoms with E-state index in [1.54, 1.807) is 16.7 Å². The van der Waals surface area contributed by atoms with Gasteiger partial charge in [0.1, 0.15) is 6.54 Å². The summed E-state index contributed by atoms with van der Waals surface area (Å²) in [7, 11) is 0. The second-order valence-corrected chi connectivity index (χ2v) is 5.74. The number of carbonyl (C=O) groups is 2. The van der Waals surface area contributed by atoms with Crippen LogP contribution in [0, 0.1) is 5.92 Å². The number of amides is 2. The smallest absolute Gasteiger partial charge is 0.239 e. The van der Waals surface area contributed by atoms with Gasteiger partial charge < -0.3 is 10.2 Å². The van der Waals surface area contributed by atoms with Gasteiger partial charge in [0.05, 0.1) is 11.6 Å². The number of hydrogen-bond donors (Lipinski definition) is 1. The second-order valence-electron chi connectivity index (χ2n) is 4.79. The average molecular weight is 272 g/mol. The summed E-state index contributed by atoms with van der Waals surface area (Å²) in [4.78, 5) is 24.7. The van der Waals surface area contributed by atoms with E-state index in [9.17, 15) is 9.59 Å². The van der Waals surface area contributed by atoms with Gasteiger partial charge in [-0.3, -0.25) is 9.59 Å². The Morgan fingerprint density at radius 3 is 2.83 bits per heavy atom. The highest BCUT2D eigenvalue weighted by molar-refractivity contribution is 8.00. The van der Waals surface area contributed by atoms with Crippen molar-refractivity contribution >= 4 is 23.6 Å². The molecule has 0 spiro atoms. The highest BCUT2D eigenvalue weighted by atomic mass is 32.2. The molecule has 1 saturated heterocycles. The SMILES string of the molecule is CCCCC(CC)CNC(=O)CN1CSCC1=O. The van der Waals surface area contributed by atoms with Gasteiger partial charge in [-0.25, -0.2) is 0 Å². The molecular formula is C13H24N2O2S. The normalized spacial score (nSPS) is 17.0. The summed E-state index contributed by atoms with van der Waals surface area (Å²) in [6.07, 6.45) is 4.68. The van der Waals surface area contributed by atoms with Crippen molar-refractivity contribution in [2.24, 2.45) is 5.92 Å². The quantitative estimate of drug-likeness (QED) is 0.733. The third-order valence-electron chi connectivity index (χ3n) is 3.29. The molecule has 18 heavy (non-hydrogen) atoms. The standard InChI is InChI=1S/C13H24N2O2S/c1-3-5-6-11(4-2)7-14-12(16)8-15-10-18-9-13(15)17/h11H,3-10H2,1-2H3,(H,14,16). The topological polar surface area (TPSA) is 49.4 Å². The van der Waals surface area contributed by atoms with E-state index in [1.165, 1.54) is 19.3 Å². The van der Waals surface area contributed by atoms with Gasteiger partial charge in [-0.05, 0) is 12.3 Å². The van der Waals surface area contributed by atoms with Crippen molar-refractivity contribution in [2.75, 3.05) is 24.7 Å².